The summed E-state index contributed by atoms with van der Waals surface area (Å²) in [6.07, 6.45) is 0.0765. The first-order chi connectivity index (χ1) is 8.27. The number of benzene rings is 1. The van der Waals surface area contributed by atoms with Crippen LogP contribution < -0.4 is 9.64 Å². The SMILES string of the molecule is COc1ccc(N(C)C(C)(C)CC(=O)O)cc1Br. The lowest BCUT2D eigenvalue weighted by Crippen LogP contribution is -2.43. The molecule has 0 unspecified atom stereocenters. The second-order valence-electron chi connectivity index (χ2n) is 4.76. The average Bonchev–Trinajstić information content (AvgIpc) is 2.26. The molecule has 100 valence electrons. The quantitative estimate of drug-likeness (QED) is 0.906. The smallest absolute Gasteiger partial charge is 0.305 e. The molecular formula is C13H18BrNO3. The molecule has 0 amide bonds. The van der Waals surface area contributed by atoms with Gasteiger partial charge in [0.05, 0.1) is 18.0 Å². The number of nitrogens with zero attached hydrogens (tertiary/aromatic N) is 1. The van der Waals surface area contributed by atoms with Gasteiger partial charge in [-0.05, 0) is 48.0 Å². The Hall–Kier alpha value is -1.23. The monoisotopic (exact) mass is 315 g/mol. The minimum atomic E-state index is -0.806. The molecule has 0 heterocycles. The van der Waals surface area contributed by atoms with E-state index in [0.29, 0.717) is 0 Å². The lowest BCUT2D eigenvalue weighted by molar-refractivity contribution is -0.138. The number of carbonyl (C=O) groups is 1. The Bertz CT molecular complexity index is 446. The van der Waals surface area contributed by atoms with Crippen LogP contribution in [0.5, 0.6) is 5.75 Å². The second kappa shape index (κ2) is 5.61. The van der Waals surface area contributed by atoms with Crippen molar-refractivity contribution >= 4 is 27.6 Å². The Morgan fingerprint density at radius 1 is 1.50 bits per heavy atom. The maximum absolute atomic E-state index is 10.9. The Morgan fingerprint density at radius 3 is 2.56 bits per heavy atom. The summed E-state index contributed by atoms with van der Waals surface area (Å²) < 4.78 is 6.02. The van der Waals surface area contributed by atoms with Crippen molar-refractivity contribution in [3.8, 4) is 5.75 Å². The summed E-state index contributed by atoms with van der Waals surface area (Å²) in [5.41, 5.74) is 0.480. The third kappa shape index (κ3) is 3.38. The number of anilines is 1. The molecule has 1 aromatic rings. The molecule has 18 heavy (non-hydrogen) atoms. The van der Waals surface area contributed by atoms with E-state index in [4.69, 9.17) is 9.84 Å². The van der Waals surface area contributed by atoms with E-state index in [1.807, 2.05) is 44.0 Å². The Morgan fingerprint density at radius 2 is 2.11 bits per heavy atom. The molecule has 1 rings (SSSR count). The number of halogens is 1. The van der Waals surface area contributed by atoms with Gasteiger partial charge in [0.15, 0.2) is 0 Å². The van der Waals surface area contributed by atoms with Crippen LogP contribution in [-0.4, -0.2) is 30.8 Å². The number of carboxylic acid groups (broad SMARTS) is 1. The van der Waals surface area contributed by atoms with Gasteiger partial charge in [-0.15, -0.1) is 0 Å². The standard InChI is InChI=1S/C13H18BrNO3/c1-13(2,8-12(16)17)15(3)9-5-6-11(18-4)10(14)7-9/h5-7H,8H2,1-4H3,(H,16,17). The summed E-state index contributed by atoms with van der Waals surface area (Å²) in [5, 5.41) is 8.93. The van der Waals surface area contributed by atoms with Gasteiger partial charge in [-0.25, -0.2) is 0 Å². The molecule has 0 spiro atoms. The van der Waals surface area contributed by atoms with E-state index in [9.17, 15) is 4.79 Å². The van der Waals surface area contributed by atoms with Crippen LogP contribution in [0.4, 0.5) is 5.69 Å². The predicted octanol–water partition coefficient (Wildman–Crippen LogP) is 3.15. The first kappa shape index (κ1) is 14.8. The molecule has 4 nitrogen and oxygen atoms in total. The molecule has 1 N–H and O–H groups in total. The van der Waals surface area contributed by atoms with Crippen molar-refractivity contribution in [2.75, 3.05) is 19.1 Å². The van der Waals surface area contributed by atoms with Crippen molar-refractivity contribution in [3.63, 3.8) is 0 Å². The van der Waals surface area contributed by atoms with E-state index in [1.54, 1.807) is 7.11 Å². The summed E-state index contributed by atoms with van der Waals surface area (Å²) in [4.78, 5) is 12.8. The first-order valence-electron chi connectivity index (χ1n) is 5.57. The van der Waals surface area contributed by atoms with Gasteiger partial charge in [0.25, 0.3) is 0 Å². The number of carboxylic acids is 1. The summed E-state index contributed by atoms with van der Waals surface area (Å²) in [5.74, 6) is -0.0531. The maximum atomic E-state index is 10.9. The third-order valence-electron chi connectivity index (χ3n) is 3.01. The maximum Gasteiger partial charge on any atom is 0.305 e. The number of hydrogen-bond acceptors (Lipinski definition) is 3. The topological polar surface area (TPSA) is 49.8 Å². The van der Waals surface area contributed by atoms with Crippen LogP contribution in [0.15, 0.2) is 22.7 Å². The number of aliphatic carboxylic acids is 1. The molecule has 0 aliphatic heterocycles. The fourth-order valence-corrected chi connectivity index (χ4v) is 2.23. The third-order valence-corrected chi connectivity index (χ3v) is 3.63. The van der Waals surface area contributed by atoms with Gasteiger partial charge in [0.1, 0.15) is 5.75 Å². The summed E-state index contributed by atoms with van der Waals surface area (Å²) >= 11 is 3.43. The number of methoxy groups -OCH3 is 1. The van der Waals surface area contributed by atoms with Crippen LogP contribution >= 0.6 is 15.9 Å². The Labute approximate surface area is 116 Å². The minimum Gasteiger partial charge on any atom is -0.496 e. The van der Waals surface area contributed by atoms with E-state index in [2.05, 4.69) is 15.9 Å². The van der Waals surface area contributed by atoms with E-state index >= 15 is 0 Å². The molecule has 0 bridgehead atoms. The molecule has 5 heteroatoms. The zero-order valence-corrected chi connectivity index (χ0v) is 12.6. The summed E-state index contributed by atoms with van der Waals surface area (Å²) in [7, 11) is 3.50. The van der Waals surface area contributed by atoms with Gasteiger partial charge in [-0.1, -0.05) is 0 Å². The molecule has 0 atom stereocenters. The van der Waals surface area contributed by atoms with E-state index in [0.717, 1.165) is 15.9 Å². The normalized spacial score (nSPS) is 11.2. The van der Waals surface area contributed by atoms with Crippen molar-refractivity contribution in [1.82, 2.24) is 0 Å². The van der Waals surface area contributed by atoms with Crippen molar-refractivity contribution in [2.45, 2.75) is 25.8 Å². The molecule has 0 saturated heterocycles. The van der Waals surface area contributed by atoms with Gasteiger partial charge in [0, 0.05) is 18.3 Å². The fraction of sp³-hybridized carbons (Fsp3) is 0.462. The van der Waals surface area contributed by atoms with Crippen molar-refractivity contribution in [1.29, 1.82) is 0 Å². The van der Waals surface area contributed by atoms with E-state index in [1.165, 1.54) is 0 Å². The van der Waals surface area contributed by atoms with Crippen LogP contribution in [0.1, 0.15) is 20.3 Å². The van der Waals surface area contributed by atoms with Crippen LogP contribution in [-0.2, 0) is 4.79 Å². The van der Waals surface area contributed by atoms with Crippen molar-refractivity contribution in [2.24, 2.45) is 0 Å². The van der Waals surface area contributed by atoms with Gasteiger partial charge >= 0.3 is 5.97 Å². The van der Waals surface area contributed by atoms with Crippen molar-refractivity contribution < 1.29 is 14.6 Å². The highest BCUT2D eigenvalue weighted by Crippen LogP contribution is 2.32. The van der Waals surface area contributed by atoms with Gasteiger partial charge in [0.2, 0.25) is 0 Å². The number of hydrogen-bond donors (Lipinski definition) is 1. The highest BCUT2D eigenvalue weighted by Gasteiger charge is 2.27. The second-order valence-corrected chi connectivity index (χ2v) is 5.62. The van der Waals surface area contributed by atoms with Gasteiger partial charge in [-0.2, -0.15) is 0 Å². The lowest BCUT2D eigenvalue weighted by Gasteiger charge is -2.36. The molecule has 0 radical (unpaired) electrons. The van der Waals surface area contributed by atoms with Crippen LogP contribution in [0.25, 0.3) is 0 Å². The number of ether oxygens (including phenoxy) is 1. The van der Waals surface area contributed by atoms with Crippen LogP contribution in [0.3, 0.4) is 0 Å². The molecular weight excluding hydrogens is 298 g/mol. The highest BCUT2D eigenvalue weighted by molar-refractivity contribution is 9.10. The molecule has 0 saturated carbocycles. The van der Waals surface area contributed by atoms with E-state index in [-0.39, 0.29) is 6.42 Å². The summed E-state index contributed by atoms with van der Waals surface area (Å²) in [6.45, 7) is 3.80. The predicted molar refractivity (Wildman–Crippen MR) is 75.4 cm³/mol. The Balaban J connectivity index is 2.99. The number of rotatable bonds is 5. The van der Waals surface area contributed by atoms with Crippen LogP contribution in [0.2, 0.25) is 0 Å². The average molecular weight is 316 g/mol. The minimum absolute atomic E-state index is 0.0765. The Kier molecular flexibility index (Phi) is 4.62. The van der Waals surface area contributed by atoms with Crippen molar-refractivity contribution in [3.05, 3.63) is 22.7 Å². The molecule has 1 aromatic carbocycles. The summed E-state index contributed by atoms with van der Waals surface area (Å²) in [6, 6.07) is 5.68. The first-order valence-corrected chi connectivity index (χ1v) is 6.36. The molecule has 0 fully saturated rings. The zero-order chi connectivity index (χ0) is 13.9. The van der Waals surface area contributed by atoms with E-state index < -0.39 is 11.5 Å². The highest BCUT2D eigenvalue weighted by atomic mass is 79.9. The molecule has 0 aliphatic rings. The molecule has 0 aliphatic carbocycles. The lowest BCUT2D eigenvalue weighted by atomic mass is 9.98. The van der Waals surface area contributed by atoms with Crippen LogP contribution in [0, 0.1) is 0 Å². The zero-order valence-electron chi connectivity index (χ0n) is 11.0. The largest absolute Gasteiger partial charge is 0.496 e. The van der Waals surface area contributed by atoms with Gasteiger partial charge in [-0.3, -0.25) is 4.79 Å². The van der Waals surface area contributed by atoms with Gasteiger partial charge < -0.3 is 14.7 Å². The fourth-order valence-electron chi connectivity index (χ4n) is 1.70. The molecule has 0 aromatic heterocycles.